The van der Waals surface area contributed by atoms with Gasteiger partial charge in [0.05, 0.1) is 5.02 Å². The number of nitrogens with zero attached hydrogens (tertiary/aromatic N) is 1. The fourth-order valence-electron chi connectivity index (χ4n) is 3.20. The molecule has 0 heterocycles. The lowest BCUT2D eigenvalue weighted by Crippen LogP contribution is -2.48. The van der Waals surface area contributed by atoms with Crippen molar-refractivity contribution in [3.05, 3.63) is 100 Å². The quantitative estimate of drug-likeness (QED) is 0.486. The number of halogens is 2. The summed E-state index contributed by atoms with van der Waals surface area (Å²) in [5, 5.41) is 3.26. The predicted molar refractivity (Wildman–Crippen MR) is 126 cm³/mol. The predicted octanol–water partition coefficient (Wildman–Crippen LogP) is 4.90. The normalized spacial score (nSPS) is 11.5. The number of rotatable bonds is 9. The number of aryl methyl sites for hydroxylation is 1. The first-order valence-corrected chi connectivity index (χ1v) is 11.0. The van der Waals surface area contributed by atoms with Gasteiger partial charge in [0.2, 0.25) is 5.91 Å². The van der Waals surface area contributed by atoms with Gasteiger partial charge in [0, 0.05) is 13.1 Å². The largest absolute Gasteiger partial charge is 0.482 e. The Morgan fingerprint density at radius 3 is 2.30 bits per heavy atom. The summed E-state index contributed by atoms with van der Waals surface area (Å²) in [4.78, 5) is 27.3. The van der Waals surface area contributed by atoms with Crippen molar-refractivity contribution in [2.75, 3.05) is 6.61 Å². The third-order valence-electron chi connectivity index (χ3n) is 5.21. The van der Waals surface area contributed by atoms with Crippen LogP contribution in [-0.2, 0) is 22.7 Å². The highest BCUT2D eigenvalue weighted by Gasteiger charge is 2.26. The molecule has 0 spiro atoms. The molecule has 172 valence electrons. The maximum Gasteiger partial charge on any atom is 0.261 e. The van der Waals surface area contributed by atoms with Gasteiger partial charge in [-0.3, -0.25) is 9.59 Å². The zero-order chi connectivity index (χ0) is 23.8. The summed E-state index contributed by atoms with van der Waals surface area (Å²) in [6.45, 7) is 3.83. The third kappa shape index (κ3) is 7.05. The summed E-state index contributed by atoms with van der Waals surface area (Å²) in [6.07, 6.45) is 0. The van der Waals surface area contributed by atoms with E-state index in [1.165, 1.54) is 17.0 Å². The topological polar surface area (TPSA) is 58.6 Å². The van der Waals surface area contributed by atoms with Crippen LogP contribution >= 0.6 is 11.6 Å². The molecule has 5 nitrogen and oxygen atoms in total. The van der Waals surface area contributed by atoms with Gasteiger partial charge >= 0.3 is 0 Å². The van der Waals surface area contributed by atoms with Crippen molar-refractivity contribution in [2.24, 2.45) is 0 Å². The molecule has 3 rings (SSSR count). The standard InChI is InChI=1S/C26H26ClFN2O3/c1-18-7-9-20(10-8-18)15-29-26(32)19(2)30(16-21-11-13-22(28)14-12-21)25(31)17-33-24-6-4-3-5-23(24)27/h3-14,19H,15-17H2,1-2H3,(H,29,32). The molecule has 0 radical (unpaired) electrons. The van der Waals surface area contributed by atoms with Gasteiger partial charge in [-0.15, -0.1) is 0 Å². The summed E-state index contributed by atoms with van der Waals surface area (Å²) in [6, 6.07) is 19.7. The molecule has 1 N–H and O–H groups in total. The first-order chi connectivity index (χ1) is 15.8. The average molecular weight is 469 g/mol. The molecule has 2 amide bonds. The maximum atomic E-state index is 13.3. The molecule has 1 unspecified atom stereocenters. The molecule has 0 aromatic heterocycles. The number of ether oxygens (including phenoxy) is 1. The van der Waals surface area contributed by atoms with E-state index in [9.17, 15) is 14.0 Å². The van der Waals surface area contributed by atoms with Gasteiger partial charge < -0.3 is 15.0 Å². The molecule has 3 aromatic carbocycles. The Kier molecular flexibility index (Phi) is 8.44. The second-order valence-corrected chi connectivity index (χ2v) is 8.15. The Bertz CT molecular complexity index is 1090. The first kappa shape index (κ1) is 24.3. The van der Waals surface area contributed by atoms with Gasteiger partial charge in [-0.2, -0.15) is 0 Å². The van der Waals surface area contributed by atoms with Gasteiger partial charge in [-0.25, -0.2) is 4.39 Å². The zero-order valence-corrected chi connectivity index (χ0v) is 19.3. The Morgan fingerprint density at radius 2 is 1.64 bits per heavy atom. The van der Waals surface area contributed by atoms with Crippen LogP contribution in [0.25, 0.3) is 0 Å². The molecule has 0 aliphatic carbocycles. The molecule has 0 bridgehead atoms. The smallest absolute Gasteiger partial charge is 0.261 e. The minimum Gasteiger partial charge on any atom is -0.482 e. The Balaban J connectivity index is 1.70. The highest BCUT2D eigenvalue weighted by Crippen LogP contribution is 2.23. The zero-order valence-electron chi connectivity index (χ0n) is 18.6. The summed E-state index contributed by atoms with van der Waals surface area (Å²) in [7, 11) is 0. The van der Waals surface area contributed by atoms with Crippen LogP contribution in [0, 0.1) is 12.7 Å². The summed E-state index contributed by atoms with van der Waals surface area (Å²) >= 11 is 6.10. The monoisotopic (exact) mass is 468 g/mol. The molecule has 1 atom stereocenters. The van der Waals surface area contributed by atoms with E-state index in [0.29, 0.717) is 22.9 Å². The van der Waals surface area contributed by atoms with Crippen LogP contribution in [0.15, 0.2) is 72.8 Å². The number of benzene rings is 3. The minimum atomic E-state index is -0.775. The Hall–Kier alpha value is -3.38. The maximum absolute atomic E-state index is 13.3. The van der Waals surface area contributed by atoms with E-state index in [-0.39, 0.29) is 24.9 Å². The van der Waals surface area contributed by atoms with Crippen LogP contribution < -0.4 is 10.1 Å². The SMILES string of the molecule is Cc1ccc(CNC(=O)C(C)N(Cc2ccc(F)cc2)C(=O)COc2ccccc2Cl)cc1. The Labute approximate surface area is 198 Å². The molecule has 0 fully saturated rings. The lowest BCUT2D eigenvalue weighted by molar-refractivity contribution is -0.142. The van der Waals surface area contributed by atoms with Gasteiger partial charge in [0.15, 0.2) is 6.61 Å². The Morgan fingerprint density at radius 1 is 1.00 bits per heavy atom. The van der Waals surface area contributed by atoms with E-state index in [1.54, 1.807) is 43.3 Å². The second-order valence-electron chi connectivity index (χ2n) is 7.75. The van der Waals surface area contributed by atoms with E-state index in [4.69, 9.17) is 16.3 Å². The molecule has 0 aliphatic rings. The van der Waals surface area contributed by atoms with Crippen molar-refractivity contribution in [1.29, 1.82) is 0 Å². The van der Waals surface area contributed by atoms with Crippen LogP contribution in [-0.4, -0.2) is 29.4 Å². The van der Waals surface area contributed by atoms with E-state index >= 15 is 0 Å². The fraction of sp³-hybridized carbons (Fsp3) is 0.231. The van der Waals surface area contributed by atoms with E-state index in [0.717, 1.165) is 11.1 Å². The molecule has 0 saturated heterocycles. The highest BCUT2D eigenvalue weighted by atomic mass is 35.5. The molecule has 7 heteroatoms. The number of carbonyl (C=O) groups excluding carboxylic acids is 2. The van der Waals surface area contributed by atoms with Crippen LogP contribution in [0.4, 0.5) is 4.39 Å². The van der Waals surface area contributed by atoms with Crippen molar-refractivity contribution in [3.8, 4) is 5.75 Å². The van der Waals surface area contributed by atoms with Gasteiger partial charge in [0.1, 0.15) is 17.6 Å². The number of hydrogen-bond donors (Lipinski definition) is 1. The minimum absolute atomic E-state index is 0.129. The van der Waals surface area contributed by atoms with E-state index in [1.807, 2.05) is 31.2 Å². The van der Waals surface area contributed by atoms with Crippen molar-refractivity contribution in [3.63, 3.8) is 0 Å². The molecular weight excluding hydrogens is 443 g/mol. The van der Waals surface area contributed by atoms with Crippen molar-refractivity contribution in [1.82, 2.24) is 10.2 Å². The van der Waals surface area contributed by atoms with Gasteiger partial charge in [-0.05, 0) is 49.2 Å². The van der Waals surface area contributed by atoms with E-state index in [2.05, 4.69) is 5.32 Å². The van der Waals surface area contributed by atoms with Crippen LogP contribution in [0.2, 0.25) is 5.02 Å². The number of amides is 2. The van der Waals surface area contributed by atoms with Gasteiger partial charge in [0.25, 0.3) is 5.91 Å². The molecule has 33 heavy (non-hydrogen) atoms. The summed E-state index contributed by atoms with van der Waals surface area (Å²) in [5.41, 5.74) is 2.79. The molecule has 3 aromatic rings. The van der Waals surface area contributed by atoms with Crippen LogP contribution in [0.1, 0.15) is 23.6 Å². The average Bonchev–Trinajstić information content (AvgIpc) is 2.82. The third-order valence-corrected chi connectivity index (χ3v) is 5.52. The fourth-order valence-corrected chi connectivity index (χ4v) is 3.39. The summed E-state index contributed by atoms with van der Waals surface area (Å²) in [5.74, 6) is -0.686. The lowest BCUT2D eigenvalue weighted by Gasteiger charge is -2.29. The first-order valence-electron chi connectivity index (χ1n) is 10.6. The summed E-state index contributed by atoms with van der Waals surface area (Å²) < 4.78 is 18.9. The number of para-hydroxylation sites is 1. The number of nitrogens with one attached hydrogen (secondary N) is 1. The second kappa shape index (κ2) is 11.5. The molecule has 0 aliphatic heterocycles. The number of hydrogen-bond acceptors (Lipinski definition) is 3. The highest BCUT2D eigenvalue weighted by molar-refractivity contribution is 6.32. The van der Waals surface area contributed by atoms with Crippen molar-refractivity contribution >= 4 is 23.4 Å². The molecule has 0 saturated carbocycles. The number of carbonyl (C=O) groups is 2. The van der Waals surface area contributed by atoms with E-state index < -0.39 is 11.9 Å². The van der Waals surface area contributed by atoms with Crippen molar-refractivity contribution < 1.29 is 18.7 Å². The lowest BCUT2D eigenvalue weighted by atomic mass is 10.1. The van der Waals surface area contributed by atoms with Crippen LogP contribution in [0.3, 0.4) is 0 Å². The van der Waals surface area contributed by atoms with Crippen molar-refractivity contribution in [2.45, 2.75) is 33.0 Å². The van der Waals surface area contributed by atoms with Gasteiger partial charge in [-0.1, -0.05) is 65.7 Å². The van der Waals surface area contributed by atoms with Crippen LogP contribution in [0.5, 0.6) is 5.75 Å². The molecular formula is C26H26ClFN2O3.